The highest BCUT2D eigenvalue weighted by molar-refractivity contribution is 9.10. The molecular weight excluding hydrogens is 346 g/mol. The smallest absolute Gasteiger partial charge is 0.244 e. The summed E-state index contributed by atoms with van der Waals surface area (Å²) in [5.41, 5.74) is 5.97. The number of nitrogens with one attached hydrogen (secondary N) is 1. The molecule has 20 heavy (non-hydrogen) atoms. The molecule has 2 rings (SSSR count). The number of benzene rings is 1. The number of hydrogen-bond donors (Lipinski definition) is 2. The third kappa shape index (κ3) is 3.50. The molecule has 0 saturated heterocycles. The topological polar surface area (TPSA) is 92.5 Å². The second-order valence-corrected chi connectivity index (χ2v) is 7.66. The quantitative estimate of drug-likeness (QED) is 0.763. The van der Waals surface area contributed by atoms with Crippen LogP contribution in [-0.2, 0) is 14.8 Å². The summed E-state index contributed by atoms with van der Waals surface area (Å²) in [7, 11) is -2.38. The third-order valence-electron chi connectivity index (χ3n) is 2.95. The Morgan fingerprint density at radius 2 is 2.15 bits per heavy atom. The summed E-state index contributed by atoms with van der Waals surface area (Å²) < 4.78 is 26.2. The molecule has 0 aromatic heterocycles. The normalized spacial score (nSPS) is 15.3. The molecule has 8 heteroatoms. The number of sulfonamides is 1. The van der Waals surface area contributed by atoms with Gasteiger partial charge in [0, 0.05) is 23.2 Å². The van der Waals surface area contributed by atoms with Crippen molar-refractivity contribution < 1.29 is 13.2 Å². The fourth-order valence-electron chi connectivity index (χ4n) is 1.67. The Balaban J connectivity index is 2.15. The van der Waals surface area contributed by atoms with Gasteiger partial charge < -0.3 is 11.1 Å². The second-order valence-electron chi connectivity index (χ2n) is 4.79. The summed E-state index contributed by atoms with van der Waals surface area (Å²) in [5.74, 6) is -0.293. The lowest BCUT2D eigenvalue weighted by Gasteiger charge is -2.18. The largest absolute Gasteiger partial charge is 0.399 e. The average molecular weight is 362 g/mol. The lowest BCUT2D eigenvalue weighted by atomic mass is 10.3. The van der Waals surface area contributed by atoms with Gasteiger partial charge in [-0.2, -0.15) is 4.31 Å². The van der Waals surface area contributed by atoms with Crippen LogP contribution in [-0.4, -0.2) is 38.3 Å². The van der Waals surface area contributed by atoms with Crippen LogP contribution in [0.4, 0.5) is 5.69 Å². The van der Waals surface area contributed by atoms with Crippen molar-refractivity contribution in [3.8, 4) is 0 Å². The molecule has 0 bridgehead atoms. The van der Waals surface area contributed by atoms with E-state index in [2.05, 4.69) is 21.2 Å². The van der Waals surface area contributed by atoms with Crippen LogP contribution in [0.2, 0.25) is 0 Å². The van der Waals surface area contributed by atoms with Gasteiger partial charge in [-0.05, 0) is 47.0 Å². The van der Waals surface area contributed by atoms with E-state index in [4.69, 9.17) is 5.73 Å². The molecule has 1 amide bonds. The number of amides is 1. The highest BCUT2D eigenvalue weighted by Crippen LogP contribution is 2.26. The third-order valence-corrected chi connectivity index (χ3v) is 5.75. The molecule has 3 N–H and O–H groups in total. The van der Waals surface area contributed by atoms with Gasteiger partial charge in [-0.25, -0.2) is 8.42 Å². The predicted octanol–water partition coefficient (Wildman–Crippen LogP) is 0.930. The van der Waals surface area contributed by atoms with Crippen molar-refractivity contribution in [3.05, 3.63) is 22.7 Å². The molecule has 1 aliphatic rings. The number of likely N-dealkylation sites (N-methyl/N-ethyl adjacent to an activating group) is 1. The summed E-state index contributed by atoms with van der Waals surface area (Å²) in [6.07, 6.45) is 1.92. The Morgan fingerprint density at radius 1 is 1.50 bits per heavy atom. The van der Waals surface area contributed by atoms with Gasteiger partial charge in [0.1, 0.15) is 0 Å². The maximum absolute atomic E-state index is 12.4. The number of halogens is 1. The van der Waals surface area contributed by atoms with E-state index in [1.165, 1.54) is 13.1 Å². The van der Waals surface area contributed by atoms with E-state index in [1.54, 1.807) is 12.1 Å². The number of rotatable bonds is 5. The molecule has 6 nitrogen and oxygen atoms in total. The van der Waals surface area contributed by atoms with Crippen LogP contribution in [0.1, 0.15) is 12.8 Å². The Bertz CT molecular complexity index is 629. The molecule has 1 aromatic rings. The number of anilines is 1. The summed E-state index contributed by atoms with van der Waals surface area (Å²) >= 11 is 3.19. The first-order valence-electron chi connectivity index (χ1n) is 6.11. The molecule has 1 aliphatic carbocycles. The predicted molar refractivity (Wildman–Crippen MR) is 79.5 cm³/mol. The highest BCUT2D eigenvalue weighted by Gasteiger charge is 2.28. The number of carbonyl (C=O) groups excluding carboxylic acids is 1. The van der Waals surface area contributed by atoms with Crippen molar-refractivity contribution in [3.63, 3.8) is 0 Å². The Morgan fingerprint density at radius 3 is 2.75 bits per heavy atom. The molecule has 0 heterocycles. The number of nitrogen functional groups attached to an aromatic ring is 1. The Labute approximate surface area is 126 Å². The summed E-state index contributed by atoms with van der Waals surface area (Å²) in [4.78, 5) is 11.7. The van der Waals surface area contributed by atoms with Gasteiger partial charge in [0.2, 0.25) is 15.9 Å². The minimum atomic E-state index is -3.76. The number of carbonyl (C=O) groups is 1. The van der Waals surface area contributed by atoms with Crippen molar-refractivity contribution in [2.24, 2.45) is 0 Å². The summed E-state index contributed by atoms with van der Waals surface area (Å²) in [5, 5.41) is 2.75. The summed E-state index contributed by atoms with van der Waals surface area (Å²) in [6, 6.07) is 4.75. The van der Waals surface area contributed by atoms with E-state index in [9.17, 15) is 13.2 Å². The van der Waals surface area contributed by atoms with Crippen LogP contribution < -0.4 is 11.1 Å². The zero-order valence-electron chi connectivity index (χ0n) is 11.0. The monoisotopic (exact) mass is 361 g/mol. The van der Waals surface area contributed by atoms with Crippen molar-refractivity contribution in [1.29, 1.82) is 0 Å². The van der Waals surface area contributed by atoms with Crippen molar-refractivity contribution in [2.75, 3.05) is 19.3 Å². The molecule has 0 aliphatic heterocycles. The molecule has 110 valence electrons. The zero-order valence-corrected chi connectivity index (χ0v) is 13.4. The second kappa shape index (κ2) is 5.71. The average Bonchev–Trinajstić information content (AvgIpc) is 3.15. The first-order chi connectivity index (χ1) is 9.30. The van der Waals surface area contributed by atoms with E-state index in [-0.39, 0.29) is 23.4 Å². The van der Waals surface area contributed by atoms with E-state index < -0.39 is 10.0 Å². The summed E-state index contributed by atoms with van der Waals surface area (Å²) in [6.45, 7) is -0.208. The van der Waals surface area contributed by atoms with Gasteiger partial charge in [0.15, 0.2) is 0 Å². The molecule has 0 atom stereocenters. The van der Waals surface area contributed by atoms with Crippen LogP contribution in [0.3, 0.4) is 0 Å². The minimum Gasteiger partial charge on any atom is -0.399 e. The van der Waals surface area contributed by atoms with E-state index >= 15 is 0 Å². The lowest BCUT2D eigenvalue weighted by molar-refractivity contribution is -0.121. The van der Waals surface area contributed by atoms with Crippen molar-refractivity contribution in [2.45, 2.75) is 23.8 Å². The fourth-order valence-corrected chi connectivity index (χ4v) is 3.76. The molecule has 1 aromatic carbocycles. The maximum Gasteiger partial charge on any atom is 0.244 e. The van der Waals surface area contributed by atoms with Gasteiger partial charge >= 0.3 is 0 Å². The van der Waals surface area contributed by atoms with Crippen LogP contribution in [0, 0.1) is 0 Å². The minimum absolute atomic E-state index is 0.0548. The SMILES string of the molecule is CN(CC(=O)NC1CC1)S(=O)(=O)c1cc(N)ccc1Br. The van der Waals surface area contributed by atoms with Crippen LogP contribution in [0.15, 0.2) is 27.6 Å². The van der Waals surface area contributed by atoms with Crippen LogP contribution in [0.5, 0.6) is 0 Å². The van der Waals surface area contributed by atoms with Crippen LogP contribution in [0.25, 0.3) is 0 Å². The van der Waals surface area contributed by atoms with Crippen LogP contribution >= 0.6 is 15.9 Å². The number of nitrogens with two attached hydrogens (primary N) is 1. The lowest BCUT2D eigenvalue weighted by Crippen LogP contribution is -2.39. The molecule has 0 radical (unpaired) electrons. The molecule has 0 spiro atoms. The van der Waals surface area contributed by atoms with E-state index in [0.29, 0.717) is 10.2 Å². The Kier molecular flexibility index (Phi) is 4.36. The number of nitrogens with zero attached hydrogens (tertiary/aromatic N) is 1. The molecule has 0 unspecified atom stereocenters. The van der Waals surface area contributed by atoms with Crippen molar-refractivity contribution in [1.82, 2.24) is 9.62 Å². The van der Waals surface area contributed by atoms with Gasteiger partial charge in [0.25, 0.3) is 0 Å². The maximum atomic E-state index is 12.4. The van der Waals surface area contributed by atoms with Gasteiger partial charge in [-0.3, -0.25) is 4.79 Å². The highest BCUT2D eigenvalue weighted by atomic mass is 79.9. The Hall–Kier alpha value is -1.12. The van der Waals surface area contributed by atoms with Gasteiger partial charge in [-0.15, -0.1) is 0 Å². The van der Waals surface area contributed by atoms with Gasteiger partial charge in [-0.1, -0.05) is 0 Å². The standard InChI is InChI=1S/C12H16BrN3O3S/c1-16(7-12(17)15-9-3-4-9)20(18,19)11-6-8(14)2-5-10(11)13/h2,5-6,9H,3-4,7,14H2,1H3,(H,15,17). The molecule has 1 fully saturated rings. The van der Waals surface area contributed by atoms with E-state index in [0.717, 1.165) is 17.1 Å². The zero-order chi connectivity index (χ0) is 14.9. The first-order valence-corrected chi connectivity index (χ1v) is 8.35. The molecule has 1 saturated carbocycles. The fraction of sp³-hybridized carbons (Fsp3) is 0.417. The first kappa shape index (κ1) is 15.3. The number of hydrogen-bond acceptors (Lipinski definition) is 4. The molecular formula is C12H16BrN3O3S. The van der Waals surface area contributed by atoms with Gasteiger partial charge in [0.05, 0.1) is 11.4 Å². The van der Waals surface area contributed by atoms with Crippen molar-refractivity contribution >= 4 is 37.5 Å². The van der Waals surface area contributed by atoms with E-state index in [1.807, 2.05) is 0 Å².